The number of hydrogen-bond donors (Lipinski definition) is 0. The van der Waals surface area contributed by atoms with Gasteiger partial charge in [-0.1, -0.05) is 309 Å². The molecule has 3 aromatic heterocycles. The first-order valence-electron chi connectivity index (χ1n) is 39.3. The smallest absolute Gasteiger partial charge is 0.159 e. The van der Waals surface area contributed by atoms with E-state index >= 15 is 0 Å². The van der Waals surface area contributed by atoms with Crippen LogP contribution in [-0.2, 0) is 0 Å². The predicted molar refractivity (Wildman–Crippen MR) is 486 cm³/mol. The first-order valence-corrected chi connectivity index (χ1v) is 39.3. The van der Waals surface area contributed by atoms with Crippen molar-refractivity contribution in [2.24, 2.45) is 0 Å². The summed E-state index contributed by atoms with van der Waals surface area (Å²) in [5, 5.41) is 29.7. The van der Waals surface area contributed by atoms with Gasteiger partial charge in [-0.15, -0.1) is 0 Å². The summed E-state index contributed by atoms with van der Waals surface area (Å²) in [5.41, 5.74) is 18.8. The molecular formula is C109H69N3O3. The molecule has 0 aliphatic carbocycles. The first-order chi connectivity index (χ1) is 57.0. The quantitative estimate of drug-likeness (QED) is 0.127. The molecule has 0 N–H and O–H groups in total. The van der Waals surface area contributed by atoms with E-state index in [-0.39, 0.29) is 0 Å². The molecule has 0 radical (unpaired) electrons. The third-order valence-corrected chi connectivity index (χ3v) is 23.6. The number of benzene rings is 22. The zero-order valence-corrected chi connectivity index (χ0v) is 62.7. The Balaban J connectivity index is 0.000000102. The van der Waals surface area contributed by atoms with Crippen LogP contribution in [0.3, 0.4) is 0 Å². The van der Waals surface area contributed by atoms with Crippen molar-refractivity contribution < 1.29 is 13.3 Å². The Kier molecular flexibility index (Phi) is 15.1. The predicted octanol–water partition coefficient (Wildman–Crippen LogP) is 31.8. The Morgan fingerprint density at radius 3 is 0.835 bits per heavy atom. The normalized spacial score (nSPS) is 11.9. The number of hydrogen-bond acceptors (Lipinski definition) is 6. The van der Waals surface area contributed by atoms with E-state index in [0.717, 1.165) is 117 Å². The van der Waals surface area contributed by atoms with E-state index < -0.39 is 0 Å². The molecule has 0 unspecified atom stereocenters. The topological polar surface area (TPSA) is 49.1 Å². The summed E-state index contributed by atoms with van der Waals surface area (Å²) in [6.07, 6.45) is 0. The minimum absolute atomic E-state index is 0.886. The molecule has 22 aromatic carbocycles. The van der Waals surface area contributed by atoms with E-state index in [0.29, 0.717) is 0 Å². The number of rotatable bonds is 10. The van der Waals surface area contributed by atoms with E-state index in [1.165, 1.54) is 114 Å². The van der Waals surface area contributed by atoms with Crippen LogP contribution < -0.4 is 14.7 Å². The van der Waals surface area contributed by atoms with Crippen LogP contribution in [0.1, 0.15) is 5.56 Å². The second kappa shape index (κ2) is 26.5. The van der Waals surface area contributed by atoms with Gasteiger partial charge in [0.25, 0.3) is 0 Å². The van der Waals surface area contributed by atoms with Crippen LogP contribution in [-0.4, -0.2) is 0 Å². The second-order valence-corrected chi connectivity index (χ2v) is 30.2. The Hall–Kier alpha value is -15.2. The lowest BCUT2D eigenvalue weighted by atomic mass is 9.93. The molecule has 0 saturated heterocycles. The largest absolute Gasteiger partial charge is 0.454 e. The van der Waals surface area contributed by atoms with Crippen molar-refractivity contribution in [2.45, 2.75) is 6.92 Å². The molecule has 538 valence electrons. The molecule has 3 heterocycles. The molecule has 0 amide bonds. The van der Waals surface area contributed by atoms with Gasteiger partial charge < -0.3 is 28.0 Å². The van der Waals surface area contributed by atoms with Crippen LogP contribution in [0.4, 0.5) is 51.2 Å². The van der Waals surface area contributed by atoms with Gasteiger partial charge >= 0.3 is 0 Å². The lowest BCUT2D eigenvalue weighted by Crippen LogP contribution is -2.11. The summed E-state index contributed by atoms with van der Waals surface area (Å²) >= 11 is 0. The van der Waals surface area contributed by atoms with Crippen molar-refractivity contribution in [1.29, 1.82) is 0 Å². The maximum atomic E-state index is 6.58. The number of fused-ring (bicyclic) bond motifs is 9. The SMILES string of the molecule is Cc1cccc(N(c2ccc3ccc4cccc5ccc2c3c45)c2cccc3c2oc2ccccc23)c1.c1ccc(-c2ccc(N(c3ccc4ccc5cccc6ccc3c4c56)c3cccc4c3oc3ccccc34)cc2)cc1.c1ccc(N(c2ccc3ccc4cccc5ccc2c3c45)c2cccc3c2oc2ccccc23)cc1. The average molecular weight is 1470 g/mol. The summed E-state index contributed by atoms with van der Waals surface area (Å²) in [7, 11) is 0. The highest BCUT2D eigenvalue weighted by Crippen LogP contribution is 2.52. The van der Waals surface area contributed by atoms with E-state index in [2.05, 4.69) is 386 Å². The van der Waals surface area contributed by atoms with Crippen LogP contribution in [0.2, 0.25) is 0 Å². The van der Waals surface area contributed by atoms with Gasteiger partial charge in [0.15, 0.2) is 16.7 Å². The van der Waals surface area contributed by atoms with E-state index in [1.807, 2.05) is 36.4 Å². The molecule has 0 saturated carbocycles. The molecule has 0 atom stereocenters. The molecule has 25 aromatic rings. The van der Waals surface area contributed by atoms with Crippen LogP contribution in [0.25, 0.3) is 174 Å². The monoisotopic (exact) mass is 1470 g/mol. The number of furan rings is 3. The fourth-order valence-electron chi connectivity index (χ4n) is 18.5. The molecule has 6 heteroatoms. The van der Waals surface area contributed by atoms with Gasteiger partial charge in [-0.05, 0) is 195 Å². The molecule has 25 rings (SSSR count). The number of anilines is 9. The van der Waals surface area contributed by atoms with Crippen molar-refractivity contribution >= 4 is 214 Å². The fraction of sp³-hybridized carbons (Fsp3) is 0.00917. The van der Waals surface area contributed by atoms with Crippen molar-refractivity contribution in [3.63, 3.8) is 0 Å². The molecular weight excluding hydrogens is 1400 g/mol. The van der Waals surface area contributed by atoms with Gasteiger partial charge in [-0.25, -0.2) is 0 Å². The van der Waals surface area contributed by atoms with Gasteiger partial charge in [0.2, 0.25) is 0 Å². The van der Waals surface area contributed by atoms with E-state index in [4.69, 9.17) is 13.3 Å². The summed E-state index contributed by atoms with van der Waals surface area (Å²) in [5.74, 6) is 0. The highest BCUT2D eigenvalue weighted by Gasteiger charge is 2.27. The third kappa shape index (κ3) is 10.6. The number of para-hydroxylation sites is 7. The Bertz CT molecular complexity index is 8030. The average Bonchev–Trinajstić information content (AvgIpc) is 0.932. The first kappa shape index (κ1) is 65.6. The highest BCUT2D eigenvalue weighted by molar-refractivity contribution is 6.29. The van der Waals surface area contributed by atoms with Crippen molar-refractivity contribution in [2.75, 3.05) is 14.7 Å². The van der Waals surface area contributed by atoms with Crippen LogP contribution in [0.5, 0.6) is 0 Å². The molecule has 6 nitrogen and oxygen atoms in total. The van der Waals surface area contributed by atoms with Crippen molar-refractivity contribution in [3.05, 3.63) is 406 Å². The molecule has 0 aliphatic heterocycles. The Labute approximate surface area is 661 Å². The van der Waals surface area contributed by atoms with Crippen LogP contribution in [0, 0.1) is 6.92 Å². The standard InChI is InChI=1S/C40H25NO.C35H23NO.C34H21NO/c1-2-8-26(9-3-1)27-18-22-31(23-19-27)41(36-14-7-13-33-32-12-4-5-15-37(32)42-40(33)36)35-25-21-30-17-16-28-10-6-11-29-20-24-34(35)39(30)38(28)29;1-22-7-4-10-26(21-22)36(31-13-6-12-28-27-11-2-3-14-32(27)37-35(28)31)30-20-18-25-16-15-23-8-5-9-24-17-19-29(30)34(25)33(23)24;1-2-10-25(11-3-1)35(30-14-7-13-27-26-12-4-5-15-31(26)36-34(27)30)29-21-19-24-17-16-22-8-6-9-23-18-20-28(29)33(24)32(22)23/h1-25H;2-21H,1H3;1-21H. The van der Waals surface area contributed by atoms with E-state index in [1.54, 1.807) is 0 Å². The van der Waals surface area contributed by atoms with Gasteiger partial charge in [0.1, 0.15) is 16.7 Å². The molecule has 0 aliphatic rings. The molecule has 0 bridgehead atoms. The maximum Gasteiger partial charge on any atom is 0.159 e. The zero-order valence-electron chi connectivity index (χ0n) is 62.7. The Morgan fingerprint density at radius 1 is 0.174 bits per heavy atom. The molecule has 0 spiro atoms. The summed E-state index contributed by atoms with van der Waals surface area (Å²) in [6, 6.07) is 143. The highest BCUT2D eigenvalue weighted by atomic mass is 16.3. The van der Waals surface area contributed by atoms with Crippen LogP contribution in [0.15, 0.2) is 414 Å². The van der Waals surface area contributed by atoms with Gasteiger partial charge in [-0.2, -0.15) is 0 Å². The lowest BCUT2D eigenvalue weighted by molar-refractivity contribution is 0.669. The maximum absolute atomic E-state index is 6.58. The third-order valence-electron chi connectivity index (χ3n) is 23.6. The van der Waals surface area contributed by atoms with Gasteiger partial charge in [0.05, 0.1) is 34.1 Å². The van der Waals surface area contributed by atoms with Crippen molar-refractivity contribution in [3.8, 4) is 11.1 Å². The molecule has 115 heavy (non-hydrogen) atoms. The number of nitrogens with zero attached hydrogens (tertiary/aromatic N) is 3. The minimum Gasteiger partial charge on any atom is -0.454 e. The second-order valence-electron chi connectivity index (χ2n) is 30.2. The van der Waals surface area contributed by atoms with E-state index in [9.17, 15) is 0 Å². The Morgan fingerprint density at radius 2 is 0.452 bits per heavy atom. The fourth-order valence-corrected chi connectivity index (χ4v) is 18.5. The number of aryl methyl sites for hydroxylation is 1. The lowest BCUT2D eigenvalue weighted by Gasteiger charge is -2.28. The van der Waals surface area contributed by atoms with Gasteiger partial charge in [0, 0.05) is 65.5 Å². The summed E-state index contributed by atoms with van der Waals surface area (Å²) < 4.78 is 19.6. The zero-order chi connectivity index (χ0) is 75.8. The van der Waals surface area contributed by atoms with Crippen LogP contribution >= 0.6 is 0 Å². The van der Waals surface area contributed by atoms with Crippen molar-refractivity contribution in [1.82, 2.24) is 0 Å². The minimum atomic E-state index is 0.886. The summed E-state index contributed by atoms with van der Waals surface area (Å²) in [4.78, 5) is 7.07. The summed E-state index contributed by atoms with van der Waals surface area (Å²) in [6.45, 7) is 2.15. The molecule has 0 fully saturated rings. The van der Waals surface area contributed by atoms with Gasteiger partial charge in [-0.3, -0.25) is 0 Å².